The fourth-order valence-corrected chi connectivity index (χ4v) is 3.71. The second-order valence-corrected chi connectivity index (χ2v) is 9.13. The summed E-state index contributed by atoms with van der Waals surface area (Å²) in [6, 6.07) is 0. The Balaban J connectivity index is 3.37. The van der Waals surface area contributed by atoms with E-state index in [0.29, 0.717) is 19.6 Å². The molecule has 1 atom stereocenters. The quantitative estimate of drug-likeness (QED) is 0.119. The number of hydrogen-bond donors (Lipinski definition) is 0. The summed E-state index contributed by atoms with van der Waals surface area (Å²) in [6.45, 7) is 7.57. The third-order valence-corrected chi connectivity index (χ3v) is 5.92. The van der Waals surface area contributed by atoms with Crippen molar-refractivity contribution in [2.24, 2.45) is 5.92 Å². The summed E-state index contributed by atoms with van der Waals surface area (Å²) in [5.41, 5.74) is 0. The lowest BCUT2D eigenvalue weighted by Crippen LogP contribution is -2.15. The van der Waals surface area contributed by atoms with Gasteiger partial charge in [0, 0.05) is 6.42 Å². The Labute approximate surface area is 193 Å². The molecule has 0 aromatic carbocycles. The summed E-state index contributed by atoms with van der Waals surface area (Å²) in [4.78, 5) is 23.7. The summed E-state index contributed by atoms with van der Waals surface area (Å²) in [6.07, 6.45) is 21.3. The largest absolute Gasteiger partial charge is 0.466 e. The lowest BCUT2D eigenvalue weighted by atomic mass is 10.0. The third kappa shape index (κ3) is 21.9. The van der Waals surface area contributed by atoms with E-state index >= 15 is 0 Å². The lowest BCUT2D eigenvalue weighted by molar-refractivity contribution is -0.148. The number of ether oxygens (including phenoxy) is 2. The van der Waals surface area contributed by atoms with Crippen LogP contribution in [-0.2, 0) is 19.1 Å². The van der Waals surface area contributed by atoms with Gasteiger partial charge in [-0.15, -0.1) is 0 Å². The van der Waals surface area contributed by atoms with Crippen LogP contribution in [0.5, 0.6) is 0 Å². The molecule has 0 aromatic heterocycles. The van der Waals surface area contributed by atoms with Crippen LogP contribution in [0.25, 0.3) is 0 Å². The molecule has 0 amide bonds. The molecule has 0 aliphatic carbocycles. The Morgan fingerprint density at radius 2 is 1.03 bits per heavy atom. The van der Waals surface area contributed by atoms with Crippen LogP contribution in [0.15, 0.2) is 0 Å². The maximum atomic E-state index is 12.0. The van der Waals surface area contributed by atoms with Gasteiger partial charge in [-0.2, -0.15) is 0 Å². The summed E-state index contributed by atoms with van der Waals surface area (Å²) in [5, 5.41) is 0. The van der Waals surface area contributed by atoms with Crippen molar-refractivity contribution in [3.8, 4) is 0 Å². The van der Waals surface area contributed by atoms with Crippen LogP contribution in [0.4, 0.5) is 0 Å². The second kappa shape index (κ2) is 23.6. The Morgan fingerprint density at radius 1 is 0.581 bits per heavy atom. The highest BCUT2D eigenvalue weighted by Gasteiger charge is 2.13. The van der Waals surface area contributed by atoms with E-state index in [-0.39, 0.29) is 17.9 Å². The Hall–Kier alpha value is -1.06. The molecule has 0 aliphatic heterocycles. The van der Waals surface area contributed by atoms with Gasteiger partial charge >= 0.3 is 11.9 Å². The molecule has 0 saturated carbocycles. The fourth-order valence-electron chi connectivity index (χ4n) is 3.71. The lowest BCUT2D eigenvalue weighted by Gasteiger charge is -2.11. The van der Waals surface area contributed by atoms with Gasteiger partial charge in [-0.3, -0.25) is 9.59 Å². The van der Waals surface area contributed by atoms with Gasteiger partial charge in [-0.1, -0.05) is 111 Å². The molecule has 0 radical (unpaired) electrons. The van der Waals surface area contributed by atoms with Gasteiger partial charge in [0.15, 0.2) is 0 Å². The molecule has 0 rings (SSSR count). The van der Waals surface area contributed by atoms with Crippen LogP contribution in [0, 0.1) is 5.92 Å². The number of unbranched alkanes of at least 4 members (excludes halogenated alkanes) is 14. The van der Waals surface area contributed by atoms with Crippen molar-refractivity contribution in [1.82, 2.24) is 0 Å². The van der Waals surface area contributed by atoms with Crippen LogP contribution in [0.1, 0.15) is 143 Å². The molecule has 0 aromatic rings. The van der Waals surface area contributed by atoms with E-state index in [1.165, 1.54) is 70.6 Å². The maximum Gasteiger partial charge on any atom is 0.308 e. The molecule has 0 aliphatic rings. The first-order valence-electron chi connectivity index (χ1n) is 13.4. The van der Waals surface area contributed by atoms with Crippen molar-refractivity contribution in [1.29, 1.82) is 0 Å². The molecule has 0 spiro atoms. The summed E-state index contributed by atoms with van der Waals surface area (Å²) >= 11 is 0. The van der Waals surface area contributed by atoms with E-state index in [4.69, 9.17) is 9.47 Å². The predicted molar refractivity (Wildman–Crippen MR) is 130 cm³/mol. The van der Waals surface area contributed by atoms with E-state index in [2.05, 4.69) is 13.8 Å². The zero-order valence-corrected chi connectivity index (χ0v) is 21.1. The molecule has 0 heterocycles. The first kappa shape index (κ1) is 29.9. The smallest absolute Gasteiger partial charge is 0.308 e. The van der Waals surface area contributed by atoms with E-state index in [9.17, 15) is 9.59 Å². The standard InChI is InChI=1S/C27H52O4/c1-4-6-8-15-19-23-30-26(28)22-18-14-12-10-11-13-17-21-25(3)27(29)31-24-20-16-9-7-5-2/h25H,4-24H2,1-3H3. The first-order chi connectivity index (χ1) is 15.1. The zero-order chi connectivity index (χ0) is 23.0. The zero-order valence-electron chi connectivity index (χ0n) is 21.1. The predicted octanol–water partition coefficient (Wildman–Crippen LogP) is 8.16. The molecule has 0 saturated heterocycles. The minimum absolute atomic E-state index is 0.0216. The van der Waals surface area contributed by atoms with Gasteiger partial charge in [0.2, 0.25) is 0 Å². The number of rotatable bonds is 23. The van der Waals surface area contributed by atoms with E-state index in [1.54, 1.807) is 0 Å². The number of esters is 2. The van der Waals surface area contributed by atoms with Crippen LogP contribution in [0.3, 0.4) is 0 Å². The van der Waals surface area contributed by atoms with Crippen LogP contribution >= 0.6 is 0 Å². The summed E-state index contributed by atoms with van der Waals surface area (Å²) < 4.78 is 10.7. The van der Waals surface area contributed by atoms with Crippen LogP contribution in [0.2, 0.25) is 0 Å². The highest BCUT2D eigenvalue weighted by atomic mass is 16.5. The molecule has 184 valence electrons. The normalized spacial score (nSPS) is 12.0. The molecule has 4 heteroatoms. The van der Waals surface area contributed by atoms with Crippen LogP contribution < -0.4 is 0 Å². The van der Waals surface area contributed by atoms with Crippen molar-refractivity contribution in [3.63, 3.8) is 0 Å². The first-order valence-corrected chi connectivity index (χ1v) is 13.4. The number of carbonyl (C=O) groups excluding carboxylic acids is 2. The molecular formula is C27H52O4. The molecule has 1 unspecified atom stereocenters. The number of hydrogen-bond acceptors (Lipinski definition) is 4. The average Bonchev–Trinajstić information content (AvgIpc) is 2.77. The van der Waals surface area contributed by atoms with Gasteiger partial charge < -0.3 is 9.47 Å². The van der Waals surface area contributed by atoms with Gasteiger partial charge in [-0.25, -0.2) is 0 Å². The maximum absolute atomic E-state index is 12.0. The number of carbonyl (C=O) groups is 2. The molecule has 0 bridgehead atoms. The fraction of sp³-hybridized carbons (Fsp3) is 0.926. The van der Waals surface area contributed by atoms with Gasteiger partial charge in [0.1, 0.15) is 0 Å². The van der Waals surface area contributed by atoms with E-state index in [1.807, 2.05) is 6.92 Å². The molecule has 0 fully saturated rings. The topological polar surface area (TPSA) is 52.6 Å². The van der Waals surface area contributed by atoms with Crippen molar-refractivity contribution in [2.45, 2.75) is 143 Å². The van der Waals surface area contributed by atoms with E-state index < -0.39 is 0 Å². The molecule has 0 N–H and O–H groups in total. The van der Waals surface area contributed by atoms with Gasteiger partial charge in [-0.05, 0) is 25.7 Å². The SMILES string of the molecule is CCCCCCCOC(=O)CCCCCCCCCC(C)C(=O)OCCCCCCC. The monoisotopic (exact) mass is 440 g/mol. The molecule has 31 heavy (non-hydrogen) atoms. The Kier molecular flexibility index (Phi) is 22.8. The Morgan fingerprint density at radius 3 is 1.61 bits per heavy atom. The molecule has 4 nitrogen and oxygen atoms in total. The van der Waals surface area contributed by atoms with Crippen molar-refractivity contribution in [3.05, 3.63) is 0 Å². The Bertz CT molecular complexity index is 408. The highest BCUT2D eigenvalue weighted by Crippen LogP contribution is 2.15. The van der Waals surface area contributed by atoms with E-state index in [0.717, 1.165) is 44.9 Å². The van der Waals surface area contributed by atoms with Crippen LogP contribution in [-0.4, -0.2) is 25.2 Å². The van der Waals surface area contributed by atoms with Gasteiger partial charge in [0.25, 0.3) is 0 Å². The highest BCUT2D eigenvalue weighted by molar-refractivity contribution is 5.71. The minimum atomic E-state index is -0.0303. The third-order valence-electron chi connectivity index (χ3n) is 5.92. The average molecular weight is 441 g/mol. The second-order valence-electron chi connectivity index (χ2n) is 9.13. The molecular weight excluding hydrogens is 388 g/mol. The summed E-state index contributed by atoms with van der Waals surface area (Å²) in [5.74, 6) is -0.0334. The van der Waals surface area contributed by atoms with Crippen molar-refractivity contribution >= 4 is 11.9 Å². The van der Waals surface area contributed by atoms with Crippen molar-refractivity contribution in [2.75, 3.05) is 13.2 Å². The minimum Gasteiger partial charge on any atom is -0.466 e. The van der Waals surface area contributed by atoms with Gasteiger partial charge in [0.05, 0.1) is 19.1 Å². The van der Waals surface area contributed by atoms with Crippen molar-refractivity contribution < 1.29 is 19.1 Å². The summed E-state index contributed by atoms with van der Waals surface area (Å²) in [7, 11) is 0.